The Bertz CT molecular complexity index is 510. The average molecular weight is 313 g/mol. The van der Waals surface area contributed by atoms with Crippen molar-refractivity contribution in [3.8, 4) is 0 Å². The van der Waals surface area contributed by atoms with Gasteiger partial charge in [-0.25, -0.2) is 0 Å². The molecule has 1 aliphatic rings. The molecule has 0 radical (unpaired) electrons. The normalized spacial score (nSPS) is 16.4. The number of rotatable bonds is 9. The number of unbranched alkanes of at least 4 members (excludes halogenated alkanes) is 2. The summed E-state index contributed by atoms with van der Waals surface area (Å²) in [5.41, 5.74) is 0. The first-order valence-corrected chi connectivity index (χ1v) is 8.36. The maximum atomic E-state index is 11.7. The topological polar surface area (TPSA) is 37.4 Å². The number of carbonyl (C=O) groups is 2. The van der Waals surface area contributed by atoms with Gasteiger partial charge in [0.15, 0.2) is 0 Å². The maximum Gasteiger partial charge on any atom is 0.253 e. The van der Waals surface area contributed by atoms with Crippen LogP contribution >= 0.6 is 0 Å². The van der Waals surface area contributed by atoms with E-state index in [9.17, 15) is 9.59 Å². The molecule has 1 fully saturated rings. The molecule has 1 aliphatic heterocycles. The Morgan fingerprint density at radius 3 is 2.04 bits per heavy atom. The molecule has 1 saturated heterocycles. The van der Waals surface area contributed by atoms with Crippen molar-refractivity contribution in [2.45, 2.75) is 45.4 Å². The summed E-state index contributed by atoms with van der Waals surface area (Å²) >= 11 is 0. The van der Waals surface area contributed by atoms with Crippen molar-refractivity contribution in [3.05, 3.63) is 60.8 Å². The van der Waals surface area contributed by atoms with Gasteiger partial charge in [-0.05, 0) is 39.0 Å². The zero-order chi connectivity index (χ0) is 16.8. The molecule has 0 N–H and O–H groups in total. The lowest BCUT2D eigenvalue weighted by molar-refractivity contribution is -0.138. The lowest BCUT2D eigenvalue weighted by Gasteiger charge is -2.09. The van der Waals surface area contributed by atoms with Gasteiger partial charge in [0.05, 0.1) is 0 Å². The van der Waals surface area contributed by atoms with Crippen molar-refractivity contribution in [2.75, 3.05) is 6.54 Å². The summed E-state index contributed by atoms with van der Waals surface area (Å²) in [5, 5.41) is 0. The molecule has 1 rings (SSSR count). The van der Waals surface area contributed by atoms with Crippen LogP contribution in [0.25, 0.3) is 0 Å². The fourth-order valence-corrected chi connectivity index (χ4v) is 2.18. The molecule has 0 aromatic rings. The van der Waals surface area contributed by atoms with E-state index in [1.54, 1.807) is 6.08 Å². The standard InChI is InChI=1S/C20H27NO2/c1-2-3-4-5-6-7-8-9-10-11-12-13-14-16-19(22)21-18-15-17-20(21)23/h2-3,6-9,12-14,16H,4-5,10-11,15,17-18H2,1H3. The van der Waals surface area contributed by atoms with Gasteiger partial charge in [-0.2, -0.15) is 0 Å². The fraction of sp³-hybridized carbons (Fsp3) is 0.400. The summed E-state index contributed by atoms with van der Waals surface area (Å²) in [6.07, 6.45) is 25.1. The molecule has 0 bridgehead atoms. The largest absolute Gasteiger partial charge is 0.279 e. The van der Waals surface area contributed by atoms with Gasteiger partial charge in [0.25, 0.3) is 5.91 Å². The van der Waals surface area contributed by atoms with E-state index >= 15 is 0 Å². The quantitative estimate of drug-likeness (QED) is 0.272. The first-order valence-electron chi connectivity index (χ1n) is 8.36. The van der Waals surface area contributed by atoms with Crippen LogP contribution in [0, 0.1) is 0 Å². The SMILES string of the molecule is CC=CCCC=CC=CCCC=CC=CC(=O)N1CCCC1=O. The van der Waals surface area contributed by atoms with Crippen LogP contribution in [-0.2, 0) is 9.59 Å². The van der Waals surface area contributed by atoms with Crippen molar-refractivity contribution in [2.24, 2.45) is 0 Å². The summed E-state index contributed by atoms with van der Waals surface area (Å²) in [7, 11) is 0. The van der Waals surface area contributed by atoms with E-state index in [0.29, 0.717) is 13.0 Å². The smallest absolute Gasteiger partial charge is 0.253 e. The molecule has 0 aromatic carbocycles. The van der Waals surface area contributed by atoms with E-state index in [-0.39, 0.29) is 11.8 Å². The highest BCUT2D eigenvalue weighted by Gasteiger charge is 2.24. The molecule has 23 heavy (non-hydrogen) atoms. The van der Waals surface area contributed by atoms with E-state index in [1.165, 1.54) is 11.0 Å². The molecule has 1 heterocycles. The number of amides is 2. The van der Waals surface area contributed by atoms with Crippen LogP contribution < -0.4 is 0 Å². The number of hydrogen-bond acceptors (Lipinski definition) is 2. The van der Waals surface area contributed by atoms with Crippen LogP contribution in [0.15, 0.2) is 60.8 Å². The van der Waals surface area contributed by atoms with Gasteiger partial charge in [-0.3, -0.25) is 14.5 Å². The minimum Gasteiger partial charge on any atom is -0.279 e. The Hall–Kier alpha value is -2.16. The third-order valence-electron chi connectivity index (χ3n) is 3.44. The predicted molar refractivity (Wildman–Crippen MR) is 95.8 cm³/mol. The van der Waals surface area contributed by atoms with Crippen molar-refractivity contribution in [1.29, 1.82) is 0 Å². The molecule has 3 heteroatoms. The summed E-state index contributed by atoms with van der Waals surface area (Å²) in [5.74, 6) is -0.271. The van der Waals surface area contributed by atoms with Crippen molar-refractivity contribution in [1.82, 2.24) is 4.90 Å². The number of allylic oxidation sites excluding steroid dienone is 9. The van der Waals surface area contributed by atoms with Crippen LogP contribution in [0.4, 0.5) is 0 Å². The van der Waals surface area contributed by atoms with Gasteiger partial charge in [-0.1, -0.05) is 54.7 Å². The van der Waals surface area contributed by atoms with Gasteiger partial charge in [0, 0.05) is 19.0 Å². The average Bonchev–Trinajstić information content (AvgIpc) is 2.98. The number of imide groups is 1. The molecule has 0 aromatic heterocycles. The highest BCUT2D eigenvalue weighted by atomic mass is 16.2. The summed E-state index contributed by atoms with van der Waals surface area (Å²) in [4.78, 5) is 24.4. The molecular formula is C20H27NO2. The molecule has 3 nitrogen and oxygen atoms in total. The Labute approximate surface area is 139 Å². The minimum absolute atomic E-state index is 0.0625. The zero-order valence-electron chi connectivity index (χ0n) is 14.0. The van der Waals surface area contributed by atoms with E-state index in [2.05, 4.69) is 36.5 Å². The van der Waals surface area contributed by atoms with Crippen LogP contribution in [0.2, 0.25) is 0 Å². The third-order valence-corrected chi connectivity index (χ3v) is 3.44. The maximum absolute atomic E-state index is 11.7. The lowest BCUT2D eigenvalue weighted by Crippen LogP contribution is -2.30. The van der Waals surface area contributed by atoms with Gasteiger partial charge in [0.1, 0.15) is 0 Å². The molecule has 0 unspecified atom stereocenters. The third kappa shape index (κ3) is 8.77. The molecule has 124 valence electrons. The van der Waals surface area contributed by atoms with E-state index in [1.807, 2.05) is 19.1 Å². The van der Waals surface area contributed by atoms with Crippen LogP contribution in [0.1, 0.15) is 45.4 Å². The molecule has 0 aliphatic carbocycles. The predicted octanol–water partition coefficient (Wildman–Crippen LogP) is 4.50. The van der Waals surface area contributed by atoms with Crippen LogP contribution in [0.5, 0.6) is 0 Å². The summed E-state index contributed by atoms with van der Waals surface area (Å²) < 4.78 is 0. The van der Waals surface area contributed by atoms with Crippen molar-refractivity contribution < 1.29 is 9.59 Å². The Balaban J connectivity index is 2.11. The number of hydrogen-bond donors (Lipinski definition) is 0. The van der Waals surface area contributed by atoms with E-state index in [4.69, 9.17) is 0 Å². The molecule has 0 spiro atoms. The zero-order valence-corrected chi connectivity index (χ0v) is 14.0. The van der Waals surface area contributed by atoms with Crippen LogP contribution in [-0.4, -0.2) is 23.3 Å². The number of likely N-dealkylation sites (tertiary alicyclic amines) is 1. The van der Waals surface area contributed by atoms with Gasteiger partial charge in [0.2, 0.25) is 5.91 Å². The first-order chi connectivity index (χ1) is 11.3. The summed E-state index contributed by atoms with van der Waals surface area (Å²) in [6, 6.07) is 0. The first kappa shape index (κ1) is 18.9. The highest BCUT2D eigenvalue weighted by molar-refractivity contribution is 6.02. The van der Waals surface area contributed by atoms with E-state index < -0.39 is 0 Å². The number of carbonyl (C=O) groups excluding carboxylic acids is 2. The second-order valence-electron chi connectivity index (χ2n) is 5.35. The fourth-order valence-electron chi connectivity index (χ4n) is 2.18. The second kappa shape index (κ2) is 12.4. The van der Waals surface area contributed by atoms with Gasteiger partial charge in [-0.15, -0.1) is 0 Å². The number of nitrogens with zero attached hydrogens (tertiary/aromatic N) is 1. The molecule has 0 saturated carbocycles. The van der Waals surface area contributed by atoms with Crippen LogP contribution in [0.3, 0.4) is 0 Å². The Morgan fingerprint density at radius 2 is 1.52 bits per heavy atom. The second-order valence-corrected chi connectivity index (χ2v) is 5.35. The lowest BCUT2D eigenvalue weighted by atomic mass is 10.2. The monoisotopic (exact) mass is 313 g/mol. The molecule has 0 atom stereocenters. The van der Waals surface area contributed by atoms with Crippen molar-refractivity contribution >= 4 is 11.8 Å². The van der Waals surface area contributed by atoms with Gasteiger partial charge >= 0.3 is 0 Å². The van der Waals surface area contributed by atoms with E-state index in [0.717, 1.165) is 32.1 Å². The van der Waals surface area contributed by atoms with Gasteiger partial charge < -0.3 is 0 Å². The van der Waals surface area contributed by atoms with Crippen molar-refractivity contribution in [3.63, 3.8) is 0 Å². The molecular weight excluding hydrogens is 286 g/mol. The molecule has 2 amide bonds. The minimum atomic E-state index is -0.208. The Kier molecular flexibility index (Phi) is 10.2. The summed E-state index contributed by atoms with van der Waals surface area (Å²) in [6.45, 7) is 2.59. The Morgan fingerprint density at radius 1 is 0.957 bits per heavy atom. The highest BCUT2D eigenvalue weighted by Crippen LogP contribution is 2.09.